The Balaban J connectivity index is 0.00000192. The van der Waals surface area contributed by atoms with Gasteiger partial charge in [0.25, 0.3) is 11.5 Å². The second-order valence-electron chi connectivity index (χ2n) is 7.19. The van der Waals surface area contributed by atoms with Gasteiger partial charge in [0.05, 0.1) is 11.6 Å². The molecule has 2 aliphatic heterocycles. The number of hydrogen-bond donors (Lipinski definition) is 2. The summed E-state index contributed by atoms with van der Waals surface area (Å²) in [4.78, 5) is 25.2. The van der Waals surface area contributed by atoms with Crippen molar-refractivity contribution in [1.82, 2.24) is 35.2 Å². The predicted molar refractivity (Wildman–Crippen MR) is 104 cm³/mol. The van der Waals surface area contributed by atoms with E-state index in [4.69, 9.17) is 0 Å². The number of carbonyl (C=O) groups is 1. The molecule has 3 aromatic heterocycles. The molecular formula is C18H20ClN7O2. The summed E-state index contributed by atoms with van der Waals surface area (Å²) in [6, 6.07) is 8.78. The average molecular weight is 402 g/mol. The van der Waals surface area contributed by atoms with Crippen LogP contribution in [0.3, 0.4) is 0 Å². The molecule has 2 aliphatic rings. The molecule has 0 saturated carbocycles. The van der Waals surface area contributed by atoms with Crippen LogP contribution in [0.15, 0.2) is 41.3 Å². The van der Waals surface area contributed by atoms with Crippen molar-refractivity contribution in [2.24, 2.45) is 5.92 Å². The normalized spacial score (nSPS) is 22.9. The third kappa shape index (κ3) is 3.06. The van der Waals surface area contributed by atoms with Gasteiger partial charge in [0, 0.05) is 43.5 Å². The molecule has 0 radical (unpaired) electrons. The van der Waals surface area contributed by atoms with Crippen LogP contribution in [0.2, 0.25) is 0 Å². The maximum Gasteiger partial charge on any atom is 0.252 e. The van der Waals surface area contributed by atoms with Gasteiger partial charge in [-0.3, -0.25) is 9.59 Å². The molecule has 2 bridgehead atoms. The zero-order valence-electron chi connectivity index (χ0n) is 15.0. The van der Waals surface area contributed by atoms with E-state index >= 15 is 0 Å². The molecule has 146 valence electrons. The lowest BCUT2D eigenvalue weighted by molar-refractivity contribution is 0.0931. The topological polar surface area (TPSA) is 106 Å². The van der Waals surface area contributed by atoms with Crippen molar-refractivity contribution in [3.05, 3.63) is 58.1 Å². The molecule has 2 N–H and O–H groups in total. The van der Waals surface area contributed by atoms with Crippen LogP contribution >= 0.6 is 12.4 Å². The minimum atomic E-state index is -0.205. The summed E-state index contributed by atoms with van der Waals surface area (Å²) < 4.78 is 3.34. The Morgan fingerprint density at radius 1 is 1.25 bits per heavy atom. The van der Waals surface area contributed by atoms with Gasteiger partial charge in [-0.05, 0) is 41.0 Å². The number of fused-ring (bicyclic) bond motifs is 5. The number of halogens is 1. The molecule has 0 aromatic carbocycles. The van der Waals surface area contributed by atoms with Gasteiger partial charge in [-0.15, -0.1) is 17.5 Å². The number of nitrogens with one attached hydrogen (secondary N) is 2. The highest BCUT2D eigenvalue weighted by molar-refractivity contribution is 5.94. The van der Waals surface area contributed by atoms with Gasteiger partial charge in [-0.25, -0.2) is 0 Å². The molecule has 3 atom stereocenters. The zero-order valence-corrected chi connectivity index (χ0v) is 15.8. The first-order valence-electron chi connectivity index (χ1n) is 9.09. The lowest BCUT2D eigenvalue weighted by Gasteiger charge is -2.43. The number of hydrogen-bond acceptors (Lipinski definition) is 6. The fourth-order valence-corrected chi connectivity index (χ4v) is 4.34. The van der Waals surface area contributed by atoms with Crippen LogP contribution in [0.25, 0.3) is 5.65 Å². The zero-order chi connectivity index (χ0) is 18.4. The van der Waals surface area contributed by atoms with E-state index in [0.717, 1.165) is 25.2 Å². The van der Waals surface area contributed by atoms with Crippen LogP contribution in [0, 0.1) is 5.92 Å². The molecule has 5 heterocycles. The van der Waals surface area contributed by atoms with E-state index in [0.29, 0.717) is 29.6 Å². The second kappa shape index (κ2) is 7.33. The van der Waals surface area contributed by atoms with Gasteiger partial charge < -0.3 is 15.2 Å². The van der Waals surface area contributed by atoms with E-state index in [2.05, 4.69) is 26.2 Å². The summed E-state index contributed by atoms with van der Waals surface area (Å²) >= 11 is 0. The van der Waals surface area contributed by atoms with Gasteiger partial charge in [0.1, 0.15) is 0 Å². The van der Waals surface area contributed by atoms with Crippen molar-refractivity contribution in [2.45, 2.75) is 18.4 Å². The molecule has 3 aromatic rings. The van der Waals surface area contributed by atoms with Crippen molar-refractivity contribution in [3.63, 3.8) is 0 Å². The van der Waals surface area contributed by atoms with Crippen LogP contribution in [0.4, 0.5) is 0 Å². The van der Waals surface area contributed by atoms with E-state index in [1.165, 1.54) is 4.52 Å². The fraction of sp³-hybridized carbons (Fsp3) is 0.389. The molecule has 1 fully saturated rings. The summed E-state index contributed by atoms with van der Waals surface area (Å²) in [6.07, 6.45) is 2.64. The number of aromatic nitrogens is 5. The van der Waals surface area contributed by atoms with Crippen LogP contribution in [-0.4, -0.2) is 50.1 Å². The van der Waals surface area contributed by atoms with E-state index < -0.39 is 0 Å². The number of tetrazole rings is 1. The predicted octanol–water partition coefficient (Wildman–Crippen LogP) is 0.386. The Bertz CT molecular complexity index is 1080. The Labute approximate surface area is 166 Å². The molecular weight excluding hydrogens is 382 g/mol. The number of rotatable bonds is 3. The highest BCUT2D eigenvalue weighted by Crippen LogP contribution is 2.38. The monoisotopic (exact) mass is 401 g/mol. The molecule has 0 aliphatic carbocycles. The van der Waals surface area contributed by atoms with Gasteiger partial charge in [0.2, 0.25) is 0 Å². The minimum absolute atomic E-state index is 0. The number of nitrogens with zero attached hydrogens (tertiary/aromatic N) is 5. The maximum atomic E-state index is 12.6. The van der Waals surface area contributed by atoms with E-state index in [9.17, 15) is 9.59 Å². The molecule has 9 nitrogen and oxygen atoms in total. The first-order valence-corrected chi connectivity index (χ1v) is 9.09. The summed E-state index contributed by atoms with van der Waals surface area (Å²) in [5.41, 5.74) is 2.11. The number of piperidine rings is 1. The Kier molecular flexibility index (Phi) is 4.86. The Hall–Kier alpha value is -2.78. The number of amides is 1. The van der Waals surface area contributed by atoms with Crippen molar-refractivity contribution >= 4 is 24.0 Å². The quantitative estimate of drug-likeness (QED) is 0.657. The van der Waals surface area contributed by atoms with E-state index in [1.807, 2.05) is 16.7 Å². The van der Waals surface area contributed by atoms with Gasteiger partial charge >= 0.3 is 0 Å². The number of carbonyl (C=O) groups excluding carboxylic acids is 1. The van der Waals surface area contributed by atoms with E-state index in [-0.39, 0.29) is 29.9 Å². The lowest BCUT2D eigenvalue weighted by Crippen LogP contribution is -2.50. The van der Waals surface area contributed by atoms with Crippen LogP contribution in [-0.2, 0) is 0 Å². The Morgan fingerprint density at radius 3 is 3.04 bits per heavy atom. The minimum Gasteiger partial charge on any atom is -0.350 e. The van der Waals surface area contributed by atoms with Gasteiger partial charge in [-0.1, -0.05) is 6.07 Å². The molecule has 1 amide bonds. The van der Waals surface area contributed by atoms with Crippen LogP contribution in [0.1, 0.15) is 34.4 Å². The maximum absolute atomic E-state index is 12.6. The average Bonchev–Trinajstić information content (AvgIpc) is 3.16. The van der Waals surface area contributed by atoms with Crippen LogP contribution < -0.4 is 16.2 Å². The lowest BCUT2D eigenvalue weighted by atomic mass is 9.79. The van der Waals surface area contributed by atoms with Crippen molar-refractivity contribution in [1.29, 1.82) is 0 Å². The third-order valence-corrected chi connectivity index (χ3v) is 5.63. The summed E-state index contributed by atoms with van der Waals surface area (Å²) in [6.45, 7) is 2.15. The SMILES string of the molecule is Cl.O=C(NC[C@H]1[C@@H]2CNC[C@@H](C2)c2cccc(=O)n21)c1ccc2nnnn2c1. The first-order chi connectivity index (χ1) is 13.2. The van der Waals surface area contributed by atoms with Crippen molar-refractivity contribution in [3.8, 4) is 0 Å². The second-order valence-corrected chi connectivity index (χ2v) is 7.19. The molecule has 0 spiro atoms. The summed E-state index contributed by atoms with van der Waals surface area (Å²) in [5.74, 6) is 0.467. The molecule has 0 unspecified atom stereocenters. The Morgan fingerprint density at radius 2 is 2.14 bits per heavy atom. The standard InChI is InChI=1S/C18H19N7O2.ClH/c26-17-3-1-2-14-12-6-13(8-19-7-12)15(25(14)17)9-20-18(27)11-4-5-16-21-22-23-24(16)10-11;/h1-5,10,12-13,15,19H,6-9H2,(H,20,27);1H/t12-,13+,15+;/m1./s1. The molecule has 5 rings (SSSR count). The largest absolute Gasteiger partial charge is 0.350 e. The first kappa shape index (κ1) is 18.6. The molecule has 1 saturated heterocycles. The van der Waals surface area contributed by atoms with Crippen LogP contribution in [0.5, 0.6) is 0 Å². The smallest absolute Gasteiger partial charge is 0.252 e. The summed E-state index contributed by atoms with van der Waals surface area (Å²) in [7, 11) is 0. The molecule has 10 heteroatoms. The fourth-order valence-electron chi connectivity index (χ4n) is 4.34. The molecule has 28 heavy (non-hydrogen) atoms. The van der Waals surface area contributed by atoms with Crippen molar-refractivity contribution in [2.75, 3.05) is 19.6 Å². The summed E-state index contributed by atoms with van der Waals surface area (Å²) in [5, 5.41) is 17.7. The highest BCUT2D eigenvalue weighted by Gasteiger charge is 2.37. The number of pyridine rings is 2. The highest BCUT2D eigenvalue weighted by atomic mass is 35.5. The van der Waals surface area contributed by atoms with Crippen molar-refractivity contribution < 1.29 is 4.79 Å². The van der Waals surface area contributed by atoms with Gasteiger partial charge in [0.15, 0.2) is 5.65 Å². The van der Waals surface area contributed by atoms with E-state index in [1.54, 1.807) is 24.4 Å². The third-order valence-electron chi connectivity index (χ3n) is 5.63. The van der Waals surface area contributed by atoms with Gasteiger partial charge in [-0.2, -0.15) is 4.52 Å².